The first-order valence-corrected chi connectivity index (χ1v) is 7.19. The third-order valence-corrected chi connectivity index (χ3v) is 4.05. The second kappa shape index (κ2) is 6.79. The van der Waals surface area contributed by atoms with E-state index < -0.39 is 0 Å². The van der Waals surface area contributed by atoms with Gasteiger partial charge in [0.25, 0.3) is 0 Å². The van der Waals surface area contributed by atoms with Crippen molar-refractivity contribution in [1.29, 1.82) is 0 Å². The van der Waals surface area contributed by atoms with Crippen LogP contribution in [0.5, 0.6) is 5.75 Å². The van der Waals surface area contributed by atoms with Crippen molar-refractivity contribution in [1.82, 2.24) is 5.32 Å². The molecule has 18 heavy (non-hydrogen) atoms. The summed E-state index contributed by atoms with van der Waals surface area (Å²) in [6.07, 6.45) is 6.76. The van der Waals surface area contributed by atoms with Gasteiger partial charge in [0.15, 0.2) is 0 Å². The van der Waals surface area contributed by atoms with Gasteiger partial charge in [-0.25, -0.2) is 0 Å². The Kier molecular flexibility index (Phi) is 5.06. The lowest BCUT2D eigenvalue weighted by atomic mass is 9.92. The van der Waals surface area contributed by atoms with Crippen molar-refractivity contribution in [2.75, 3.05) is 13.7 Å². The first-order chi connectivity index (χ1) is 8.83. The van der Waals surface area contributed by atoms with Gasteiger partial charge in [-0.2, -0.15) is 0 Å². The molecule has 2 nitrogen and oxygen atoms in total. The van der Waals surface area contributed by atoms with Crippen molar-refractivity contribution in [2.45, 2.75) is 45.1 Å². The SMILES string of the molecule is CCNC(Cc1ccc(OC)cc1)C1CCCC1. The third-order valence-electron chi connectivity index (χ3n) is 4.05. The highest BCUT2D eigenvalue weighted by Crippen LogP contribution is 2.29. The Hall–Kier alpha value is -1.02. The van der Waals surface area contributed by atoms with Crippen LogP contribution in [-0.4, -0.2) is 19.7 Å². The maximum atomic E-state index is 5.21. The summed E-state index contributed by atoms with van der Waals surface area (Å²) in [5.41, 5.74) is 1.41. The van der Waals surface area contributed by atoms with Crippen molar-refractivity contribution in [3.05, 3.63) is 29.8 Å². The van der Waals surface area contributed by atoms with Gasteiger partial charge in [0.05, 0.1) is 7.11 Å². The second-order valence-electron chi connectivity index (χ2n) is 5.26. The smallest absolute Gasteiger partial charge is 0.118 e. The van der Waals surface area contributed by atoms with E-state index in [1.54, 1.807) is 7.11 Å². The number of nitrogens with one attached hydrogen (secondary N) is 1. The first kappa shape index (κ1) is 13.4. The molecule has 0 aromatic heterocycles. The highest BCUT2D eigenvalue weighted by molar-refractivity contribution is 5.27. The van der Waals surface area contributed by atoms with Crippen molar-refractivity contribution >= 4 is 0 Å². The number of likely N-dealkylation sites (N-methyl/N-ethyl adjacent to an activating group) is 1. The highest BCUT2D eigenvalue weighted by Gasteiger charge is 2.24. The van der Waals surface area contributed by atoms with E-state index in [1.165, 1.54) is 31.2 Å². The molecule has 0 aliphatic heterocycles. The molecule has 0 saturated heterocycles. The fourth-order valence-electron chi connectivity index (χ4n) is 3.04. The molecular formula is C16H25NO. The van der Waals surface area contributed by atoms with E-state index >= 15 is 0 Å². The summed E-state index contributed by atoms with van der Waals surface area (Å²) in [6, 6.07) is 9.15. The summed E-state index contributed by atoms with van der Waals surface area (Å²) in [7, 11) is 1.72. The van der Waals surface area contributed by atoms with Crippen LogP contribution < -0.4 is 10.1 Å². The van der Waals surface area contributed by atoms with Crippen LogP contribution in [0.3, 0.4) is 0 Å². The molecule has 1 aromatic carbocycles. The summed E-state index contributed by atoms with van der Waals surface area (Å²) < 4.78 is 5.21. The summed E-state index contributed by atoms with van der Waals surface area (Å²) in [6.45, 7) is 3.27. The summed E-state index contributed by atoms with van der Waals surface area (Å²) in [4.78, 5) is 0. The maximum absolute atomic E-state index is 5.21. The Morgan fingerprint density at radius 3 is 2.44 bits per heavy atom. The van der Waals surface area contributed by atoms with Crippen molar-refractivity contribution < 1.29 is 4.74 Å². The molecule has 1 unspecified atom stereocenters. The molecule has 1 aromatic rings. The molecule has 1 aliphatic rings. The zero-order valence-electron chi connectivity index (χ0n) is 11.6. The van der Waals surface area contributed by atoms with Gasteiger partial charge in [-0.3, -0.25) is 0 Å². The molecule has 2 rings (SSSR count). The highest BCUT2D eigenvalue weighted by atomic mass is 16.5. The first-order valence-electron chi connectivity index (χ1n) is 7.19. The van der Waals surface area contributed by atoms with E-state index in [9.17, 15) is 0 Å². The number of benzene rings is 1. The van der Waals surface area contributed by atoms with Crippen LogP contribution in [0.15, 0.2) is 24.3 Å². The van der Waals surface area contributed by atoms with E-state index in [0.29, 0.717) is 6.04 Å². The molecule has 0 spiro atoms. The molecule has 0 bridgehead atoms. The molecule has 0 radical (unpaired) electrons. The predicted octanol–water partition coefficient (Wildman–Crippen LogP) is 3.41. The zero-order valence-corrected chi connectivity index (χ0v) is 11.6. The van der Waals surface area contributed by atoms with Gasteiger partial charge in [0.2, 0.25) is 0 Å². The van der Waals surface area contributed by atoms with Crippen LogP contribution in [0.4, 0.5) is 0 Å². The van der Waals surface area contributed by atoms with E-state index in [2.05, 4.69) is 36.5 Å². The van der Waals surface area contributed by atoms with Gasteiger partial charge in [0, 0.05) is 6.04 Å². The normalized spacial score (nSPS) is 17.9. The van der Waals surface area contributed by atoms with E-state index in [4.69, 9.17) is 4.74 Å². The summed E-state index contributed by atoms with van der Waals surface area (Å²) in [5.74, 6) is 1.81. The average Bonchev–Trinajstić information content (AvgIpc) is 2.93. The van der Waals surface area contributed by atoms with Gasteiger partial charge in [0.1, 0.15) is 5.75 Å². The number of hydrogen-bond donors (Lipinski definition) is 1. The summed E-state index contributed by atoms with van der Waals surface area (Å²) in [5, 5.41) is 3.67. The van der Waals surface area contributed by atoms with Crippen LogP contribution in [-0.2, 0) is 6.42 Å². The minimum atomic E-state index is 0.644. The molecule has 1 saturated carbocycles. The molecule has 1 fully saturated rings. The largest absolute Gasteiger partial charge is 0.497 e. The Balaban J connectivity index is 1.98. The van der Waals surface area contributed by atoms with Gasteiger partial charge >= 0.3 is 0 Å². The zero-order chi connectivity index (χ0) is 12.8. The minimum absolute atomic E-state index is 0.644. The standard InChI is InChI=1S/C16H25NO/c1-3-17-16(14-6-4-5-7-14)12-13-8-10-15(18-2)11-9-13/h8-11,14,16-17H,3-7,12H2,1-2H3. The lowest BCUT2D eigenvalue weighted by Crippen LogP contribution is -2.36. The maximum Gasteiger partial charge on any atom is 0.118 e. The molecule has 1 atom stereocenters. The van der Waals surface area contributed by atoms with Crippen molar-refractivity contribution in [3.8, 4) is 5.75 Å². The molecular weight excluding hydrogens is 222 g/mol. The number of ether oxygens (including phenoxy) is 1. The number of methoxy groups -OCH3 is 1. The lowest BCUT2D eigenvalue weighted by molar-refractivity contribution is 0.362. The fraction of sp³-hybridized carbons (Fsp3) is 0.625. The average molecular weight is 247 g/mol. The van der Waals surface area contributed by atoms with Crippen molar-refractivity contribution in [2.24, 2.45) is 5.92 Å². The van der Waals surface area contributed by atoms with Crippen LogP contribution in [0.25, 0.3) is 0 Å². The Bertz CT molecular complexity index is 341. The van der Waals surface area contributed by atoms with Gasteiger partial charge in [-0.1, -0.05) is 31.9 Å². The van der Waals surface area contributed by atoms with Crippen LogP contribution in [0, 0.1) is 5.92 Å². The van der Waals surface area contributed by atoms with E-state index in [1.807, 2.05) is 0 Å². The topological polar surface area (TPSA) is 21.3 Å². The van der Waals surface area contributed by atoms with Crippen LogP contribution in [0.1, 0.15) is 38.2 Å². The van der Waals surface area contributed by atoms with Crippen molar-refractivity contribution in [3.63, 3.8) is 0 Å². The molecule has 1 N–H and O–H groups in total. The summed E-state index contributed by atoms with van der Waals surface area (Å²) >= 11 is 0. The van der Waals surface area contributed by atoms with Gasteiger partial charge in [-0.05, 0) is 49.4 Å². The van der Waals surface area contributed by atoms with Gasteiger partial charge in [-0.15, -0.1) is 0 Å². The minimum Gasteiger partial charge on any atom is -0.497 e. The third kappa shape index (κ3) is 3.49. The molecule has 0 heterocycles. The van der Waals surface area contributed by atoms with Crippen LogP contribution in [0.2, 0.25) is 0 Å². The molecule has 2 heteroatoms. The fourth-order valence-corrected chi connectivity index (χ4v) is 3.04. The quantitative estimate of drug-likeness (QED) is 0.832. The lowest BCUT2D eigenvalue weighted by Gasteiger charge is -2.24. The molecule has 0 amide bonds. The number of hydrogen-bond acceptors (Lipinski definition) is 2. The van der Waals surface area contributed by atoms with Crippen LogP contribution >= 0.6 is 0 Å². The Morgan fingerprint density at radius 1 is 1.22 bits per heavy atom. The predicted molar refractivity (Wildman–Crippen MR) is 76.1 cm³/mol. The van der Waals surface area contributed by atoms with Gasteiger partial charge < -0.3 is 10.1 Å². The molecule has 100 valence electrons. The number of rotatable bonds is 6. The molecule has 1 aliphatic carbocycles. The Morgan fingerprint density at radius 2 is 1.89 bits per heavy atom. The van der Waals surface area contributed by atoms with E-state index in [-0.39, 0.29) is 0 Å². The monoisotopic (exact) mass is 247 g/mol. The van der Waals surface area contributed by atoms with E-state index in [0.717, 1.165) is 24.6 Å². The second-order valence-corrected chi connectivity index (χ2v) is 5.26. The Labute approximate surface area is 111 Å².